The number of aliphatic carboxylic acids is 1. The number of aryl methyl sites for hydroxylation is 1. The van der Waals surface area contributed by atoms with Gasteiger partial charge in [-0.3, -0.25) is 4.79 Å². The summed E-state index contributed by atoms with van der Waals surface area (Å²) >= 11 is 0. The van der Waals surface area contributed by atoms with Crippen molar-refractivity contribution in [3.8, 4) is 0 Å². The van der Waals surface area contributed by atoms with E-state index < -0.39 is 17.4 Å². The van der Waals surface area contributed by atoms with Gasteiger partial charge in [0.15, 0.2) is 0 Å². The lowest BCUT2D eigenvalue weighted by molar-refractivity contribution is -0.143. The second kappa shape index (κ2) is 4.44. The van der Waals surface area contributed by atoms with Crippen LogP contribution in [0.4, 0.5) is 0 Å². The van der Waals surface area contributed by atoms with Gasteiger partial charge in [-0.15, -0.1) is 0 Å². The third-order valence-electron chi connectivity index (χ3n) is 3.79. The van der Waals surface area contributed by atoms with E-state index in [-0.39, 0.29) is 5.56 Å². The fourth-order valence-electron chi connectivity index (χ4n) is 2.83. The first-order chi connectivity index (χ1) is 8.47. The number of hydrogen-bond donors (Lipinski definition) is 2. The fourth-order valence-corrected chi connectivity index (χ4v) is 2.83. The van der Waals surface area contributed by atoms with Crippen LogP contribution in [-0.4, -0.2) is 22.2 Å². The van der Waals surface area contributed by atoms with Crippen LogP contribution in [0.2, 0.25) is 0 Å². The minimum atomic E-state index is -1.05. The first-order valence-electron chi connectivity index (χ1n) is 6.05. The number of carboxylic acid groups (broad SMARTS) is 2. The Morgan fingerprint density at radius 3 is 2.28 bits per heavy atom. The van der Waals surface area contributed by atoms with Crippen molar-refractivity contribution in [1.82, 2.24) is 0 Å². The van der Waals surface area contributed by atoms with E-state index in [4.69, 9.17) is 0 Å². The summed E-state index contributed by atoms with van der Waals surface area (Å²) in [5, 5.41) is 18.8. The summed E-state index contributed by atoms with van der Waals surface area (Å²) in [6.07, 6.45) is 2.70. The molecule has 0 aromatic heterocycles. The Labute approximate surface area is 105 Å². The van der Waals surface area contributed by atoms with E-state index in [0.717, 1.165) is 18.4 Å². The normalized spacial score (nSPS) is 17.6. The number of carbonyl (C=O) groups is 2. The summed E-state index contributed by atoms with van der Waals surface area (Å²) in [7, 11) is 0. The van der Waals surface area contributed by atoms with Gasteiger partial charge in [0.25, 0.3) is 0 Å². The van der Waals surface area contributed by atoms with Crippen molar-refractivity contribution in [2.75, 3.05) is 0 Å². The molecule has 4 nitrogen and oxygen atoms in total. The van der Waals surface area contributed by atoms with Gasteiger partial charge in [-0.1, -0.05) is 30.5 Å². The van der Waals surface area contributed by atoms with E-state index in [1.54, 1.807) is 25.1 Å². The maximum atomic E-state index is 11.6. The third-order valence-corrected chi connectivity index (χ3v) is 3.79. The first kappa shape index (κ1) is 12.6. The SMILES string of the molecule is Cc1ccc(C2(C(=O)O)CCCC2)c(C(=O)O)c1. The van der Waals surface area contributed by atoms with E-state index in [1.807, 2.05) is 0 Å². The van der Waals surface area contributed by atoms with Gasteiger partial charge >= 0.3 is 11.9 Å². The van der Waals surface area contributed by atoms with E-state index in [2.05, 4.69) is 0 Å². The van der Waals surface area contributed by atoms with Crippen molar-refractivity contribution in [3.63, 3.8) is 0 Å². The molecular weight excluding hydrogens is 232 g/mol. The molecule has 2 rings (SSSR count). The maximum absolute atomic E-state index is 11.6. The molecule has 1 fully saturated rings. The van der Waals surface area contributed by atoms with Crippen molar-refractivity contribution in [2.24, 2.45) is 0 Å². The molecule has 0 unspecified atom stereocenters. The molecule has 0 amide bonds. The summed E-state index contributed by atoms with van der Waals surface area (Å²) in [4.78, 5) is 22.9. The van der Waals surface area contributed by atoms with E-state index in [0.29, 0.717) is 18.4 Å². The summed E-state index contributed by atoms with van der Waals surface area (Å²) < 4.78 is 0. The zero-order chi connectivity index (χ0) is 13.3. The zero-order valence-corrected chi connectivity index (χ0v) is 10.3. The fraction of sp³-hybridized carbons (Fsp3) is 0.429. The van der Waals surface area contributed by atoms with Crippen LogP contribution in [0, 0.1) is 6.92 Å². The van der Waals surface area contributed by atoms with Crippen LogP contribution in [0.15, 0.2) is 18.2 Å². The number of carboxylic acids is 2. The molecule has 0 radical (unpaired) electrons. The van der Waals surface area contributed by atoms with Crippen LogP contribution in [0.3, 0.4) is 0 Å². The molecule has 96 valence electrons. The van der Waals surface area contributed by atoms with Gasteiger partial charge in [0.2, 0.25) is 0 Å². The molecular formula is C14H16O4. The van der Waals surface area contributed by atoms with Crippen LogP contribution in [0.5, 0.6) is 0 Å². The molecule has 1 saturated carbocycles. The van der Waals surface area contributed by atoms with Gasteiger partial charge in [-0.25, -0.2) is 4.79 Å². The Bertz CT molecular complexity index is 499. The van der Waals surface area contributed by atoms with E-state index >= 15 is 0 Å². The van der Waals surface area contributed by atoms with Crippen LogP contribution >= 0.6 is 0 Å². The largest absolute Gasteiger partial charge is 0.481 e. The second-order valence-electron chi connectivity index (χ2n) is 4.95. The van der Waals surface area contributed by atoms with Crippen molar-refractivity contribution in [1.29, 1.82) is 0 Å². The van der Waals surface area contributed by atoms with Crippen LogP contribution < -0.4 is 0 Å². The monoisotopic (exact) mass is 248 g/mol. The average molecular weight is 248 g/mol. The molecule has 0 spiro atoms. The number of aromatic carboxylic acids is 1. The lowest BCUT2D eigenvalue weighted by atomic mass is 9.76. The zero-order valence-electron chi connectivity index (χ0n) is 10.3. The minimum absolute atomic E-state index is 0.124. The summed E-state index contributed by atoms with van der Waals surface area (Å²) in [6, 6.07) is 5.00. The van der Waals surface area contributed by atoms with Gasteiger partial charge in [-0.05, 0) is 31.4 Å². The van der Waals surface area contributed by atoms with E-state index in [9.17, 15) is 19.8 Å². The molecule has 1 aromatic rings. The quantitative estimate of drug-likeness (QED) is 0.862. The summed E-state index contributed by atoms with van der Waals surface area (Å²) in [5.74, 6) is -1.97. The number of rotatable bonds is 3. The number of hydrogen-bond acceptors (Lipinski definition) is 2. The second-order valence-corrected chi connectivity index (χ2v) is 4.95. The van der Waals surface area contributed by atoms with Gasteiger partial charge in [0.1, 0.15) is 0 Å². The lowest BCUT2D eigenvalue weighted by Crippen LogP contribution is -2.34. The topological polar surface area (TPSA) is 74.6 Å². The average Bonchev–Trinajstić information content (AvgIpc) is 2.79. The molecule has 4 heteroatoms. The highest BCUT2D eigenvalue weighted by Crippen LogP contribution is 2.43. The third kappa shape index (κ3) is 1.88. The molecule has 18 heavy (non-hydrogen) atoms. The Kier molecular flexibility index (Phi) is 3.11. The molecule has 1 aliphatic rings. The smallest absolute Gasteiger partial charge is 0.336 e. The molecule has 0 bridgehead atoms. The molecule has 0 atom stereocenters. The molecule has 0 saturated heterocycles. The summed E-state index contributed by atoms with van der Waals surface area (Å²) in [6.45, 7) is 1.80. The molecule has 1 aliphatic carbocycles. The highest BCUT2D eigenvalue weighted by atomic mass is 16.4. The molecule has 2 N–H and O–H groups in total. The Hall–Kier alpha value is -1.84. The Morgan fingerprint density at radius 2 is 1.78 bits per heavy atom. The van der Waals surface area contributed by atoms with Crippen molar-refractivity contribution >= 4 is 11.9 Å². The van der Waals surface area contributed by atoms with Crippen molar-refractivity contribution in [2.45, 2.75) is 38.0 Å². The maximum Gasteiger partial charge on any atom is 0.336 e. The highest BCUT2D eigenvalue weighted by Gasteiger charge is 2.44. The van der Waals surface area contributed by atoms with Crippen molar-refractivity contribution in [3.05, 3.63) is 34.9 Å². The standard InChI is InChI=1S/C14H16O4/c1-9-4-5-11(10(8-9)12(15)16)14(13(17)18)6-2-3-7-14/h4-5,8H,2-3,6-7H2,1H3,(H,15,16)(H,17,18). The van der Waals surface area contributed by atoms with Crippen LogP contribution in [0.25, 0.3) is 0 Å². The summed E-state index contributed by atoms with van der Waals surface area (Å²) in [5.41, 5.74) is 0.390. The first-order valence-corrected chi connectivity index (χ1v) is 6.05. The van der Waals surface area contributed by atoms with Crippen LogP contribution in [-0.2, 0) is 10.2 Å². The molecule has 0 aliphatic heterocycles. The predicted molar refractivity (Wildman–Crippen MR) is 65.9 cm³/mol. The molecule has 0 heterocycles. The number of benzene rings is 1. The molecule has 1 aromatic carbocycles. The highest BCUT2D eigenvalue weighted by molar-refractivity contribution is 5.94. The van der Waals surface area contributed by atoms with Gasteiger partial charge in [0, 0.05) is 0 Å². The van der Waals surface area contributed by atoms with Gasteiger partial charge in [0.05, 0.1) is 11.0 Å². The van der Waals surface area contributed by atoms with Crippen molar-refractivity contribution < 1.29 is 19.8 Å². The van der Waals surface area contributed by atoms with Gasteiger partial charge in [-0.2, -0.15) is 0 Å². The van der Waals surface area contributed by atoms with E-state index in [1.165, 1.54) is 0 Å². The Balaban J connectivity index is 2.62. The predicted octanol–water partition coefficient (Wildman–Crippen LogP) is 2.59. The lowest BCUT2D eigenvalue weighted by Gasteiger charge is -2.26. The minimum Gasteiger partial charge on any atom is -0.481 e. The van der Waals surface area contributed by atoms with Gasteiger partial charge < -0.3 is 10.2 Å². The Morgan fingerprint density at radius 1 is 1.17 bits per heavy atom. The van der Waals surface area contributed by atoms with Crippen LogP contribution in [0.1, 0.15) is 47.2 Å².